The lowest BCUT2D eigenvalue weighted by Crippen LogP contribution is -2.29. The van der Waals surface area contributed by atoms with Gasteiger partial charge in [-0.3, -0.25) is 5.01 Å². The molecule has 0 aliphatic carbocycles. The van der Waals surface area contributed by atoms with Gasteiger partial charge in [0.25, 0.3) is 0 Å². The third-order valence-electron chi connectivity index (χ3n) is 4.32. The fourth-order valence-electron chi connectivity index (χ4n) is 3.43. The summed E-state index contributed by atoms with van der Waals surface area (Å²) in [5, 5.41) is 4.30. The van der Waals surface area contributed by atoms with Crippen molar-refractivity contribution in [1.29, 1.82) is 0 Å². The van der Waals surface area contributed by atoms with Crippen LogP contribution in [0.15, 0.2) is 66.7 Å². The van der Waals surface area contributed by atoms with Crippen molar-refractivity contribution in [2.45, 2.75) is 0 Å². The number of rotatable bonds is 0. The quantitative estimate of drug-likeness (QED) is 0.488. The van der Waals surface area contributed by atoms with Crippen LogP contribution in [-0.4, -0.2) is 4.57 Å². The van der Waals surface area contributed by atoms with Crippen molar-refractivity contribution >= 4 is 33.2 Å². The van der Waals surface area contributed by atoms with Gasteiger partial charge >= 0.3 is 0 Å². The van der Waals surface area contributed by atoms with Gasteiger partial charge in [0.1, 0.15) is 0 Å². The Labute approximate surface area is 121 Å². The van der Waals surface area contributed by atoms with Crippen molar-refractivity contribution in [3.63, 3.8) is 0 Å². The summed E-state index contributed by atoms with van der Waals surface area (Å²) in [6, 6.07) is 23.1. The Morgan fingerprint density at radius 1 is 0.619 bits per heavy atom. The minimum absolute atomic E-state index is 1.03. The number of nitrogens with zero attached hydrogens (tertiary/aromatic N) is 2. The van der Waals surface area contributed by atoms with Crippen LogP contribution in [0.5, 0.6) is 0 Å². The molecule has 2 heterocycles. The molecule has 5 rings (SSSR count). The van der Waals surface area contributed by atoms with E-state index in [2.05, 4.69) is 65.2 Å². The average Bonchev–Trinajstić information content (AvgIpc) is 2.88. The van der Waals surface area contributed by atoms with E-state index >= 15 is 0 Å². The van der Waals surface area contributed by atoms with Crippen LogP contribution < -0.4 is 10.9 Å². The van der Waals surface area contributed by atoms with Crippen molar-refractivity contribution in [3.8, 4) is 5.69 Å². The second-order valence-corrected chi connectivity index (χ2v) is 5.38. The smallest absolute Gasteiger partial charge is 0.0823 e. The summed E-state index contributed by atoms with van der Waals surface area (Å²) >= 11 is 0. The van der Waals surface area contributed by atoms with Gasteiger partial charge in [0.05, 0.1) is 28.1 Å². The van der Waals surface area contributed by atoms with Crippen LogP contribution >= 0.6 is 0 Å². The van der Waals surface area contributed by atoms with Gasteiger partial charge in [0, 0.05) is 10.8 Å². The summed E-state index contributed by atoms with van der Waals surface area (Å²) in [7, 11) is 0. The Bertz CT molecular complexity index is 1010. The van der Waals surface area contributed by atoms with Crippen LogP contribution in [-0.2, 0) is 0 Å². The van der Waals surface area contributed by atoms with E-state index in [1.807, 2.05) is 6.07 Å². The fourth-order valence-corrected chi connectivity index (χ4v) is 3.43. The summed E-state index contributed by atoms with van der Waals surface area (Å²) in [5.74, 6) is 6.36. The highest BCUT2D eigenvalue weighted by Crippen LogP contribution is 2.44. The zero-order valence-corrected chi connectivity index (χ0v) is 11.3. The molecule has 0 saturated heterocycles. The zero-order chi connectivity index (χ0) is 14.0. The third kappa shape index (κ3) is 1.22. The van der Waals surface area contributed by atoms with Gasteiger partial charge in [-0.25, -0.2) is 5.84 Å². The first-order valence-corrected chi connectivity index (χ1v) is 7.02. The maximum absolute atomic E-state index is 6.36. The van der Waals surface area contributed by atoms with Gasteiger partial charge < -0.3 is 4.57 Å². The number of para-hydroxylation sites is 4. The highest BCUT2D eigenvalue weighted by atomic mass is 15.4. The Morgan fingerprint density at radius 2 is 1.29 bits per heavy atom. The van der Waals surface area contributed by atoms with Gasteiger partial charge in [-0.2, -0.15) is 0 Å². The molecule has 3 aromatic carbocycles. The Balaban J connectivity index is 2.13. The molecule has 0 spiro atoms. The molecule has 0 bridgehead atoms. The van der Waals surface area contributed by atoms with E-state index in [1.54, 1.807) is 5.01 Å². The van der Waals surface area contributed by atoms with Crippen molar-refractivity contribution in [2.75, 3.05) is 5.01 Å². The number of aromatic nitrogens is 1. The molecule has 3 nitrogen and oxygen atoms in total. The molecule has 1 aromatic heterocycles. The first-order valence-electron chi connectivity index (χ1n) is 7.02. The number of hydrogen-bond donors (Lipinski definition) is 1. The summed E-state index contributed by atoms with van der Waals surface area (Å²) in [6.45, 7) is 0. The van der Waals surface area contributed by atoms with Crippen molar-refractivity contribution in [3.05, 3.63) is 66.7 Å². The normalized spacial score (nSPS) is 12.9. The van der Waals surface area contributed by atoms with E-state index in [4.69, 9.17) is 5.84 Å². The molecule has 1 aliphatic heterocycles. The average molecular weight is 271 g/mol. The standard InChI is InChI=1S/C18H13N3/c19-21-16-10-4-3-9-15(16)20-14-8-2-1-6-12(14)13-7-5-11-17(21)18(13)20/h1-11H,19H2. The molecule has 0 amide bonds. The van der Waals surface area contributed by atoms with E-state index in [-0.39, 0.29) is 0 Å². The van der Waals surface area contributed by atoms with Crippen LogP contribution in [0.3, 0.4) is 0 Å². The van der Waals surface area contributed by atoms with Crippen LogP contribution in [0.4, 0.5) is 11.4 Å². The van der Waals surface area contributed by atoms with E-state index in [0.29, 0.717) is 0 Å². The maximum atomic E-state index is 6.36. The number of benzene rings is 3. The van der Waals surface area contributed by atoms with E-state index in [1.165, 1.54) is 21.8 Å². The Kier molecular flexibility index (Phi) is 1.90. The van der Waals surface area contributed by atoms with Gasteiger partial charge in [0.15, 0.2) is 0 Å². The first kappa shape index (κ1) is 10.9. The molecule has 100 valence electrons. The van der Waals surface area contributed by atoms with Crippen molar-refractivity contribution in [1.82, 2.24) is 4.57 Å². The number of anilines is 2. The van der Waals surface area contributed by atoms with E-state index < -0.39 is 0 Å². The van der Waals surface area contributed by atoms with Crippen LogP contribution in [0.2, 0.25) is 0 Å². The summed E-state index contributed by atoms with van der Waals surface area (Å²) in [4.78, 5) is 0. The largest absolute Gasteiger partial charge is 0.305 e. The SMILES string of the molecule is NN1c2ccccc2-n2c3ccccc3c3cccc1c32. The number of fused-ring (bicyclic) bond motifs is 5. The molecule has 4 aromatic rings. The molecule has 21 heavy (non-hydrogen) atoms. The molecular weight excluding hydrogens is 258 g/mol. The minimum atomic E-state index is 1.03. The molecule has 0 fully saturated rings. The predicted molar refractivity (Wildman–Crippen MR) is 87.1 cm³/mol. The second-order valence-electron chi connectivity index (χ2n) is 5.38. The minimum Gasteiger partial charge on any atom is -0.305 e. The van der Waals surface area contributed by atoms with E-state index in [0.717, 1.165) is 17.1 Å². The lowest BCUT2D eigenvalue weighted by atomic mass is 10.1. The van der Waals surface area contributed by atoms with Crippen molar-refractivity contribution in [2.24, 2.45) is 5.84 Å². The number of nitrogens with two attached hydrogens (primary N) is 1. The predicted octanol–water partition coefficient (Wildman–Crippen LogP) is 4.11. The Hall–Kier alpha value is -2.78. The molecule has 3 heteroatoms. The molecule has 2 N–H and O–H groups in total. The molecule has 0 unspecified atom stereocenters. The lowest BCUT2D eigenvalue weighted by Gasteiger charge is -2.28. The van der Waals surface area contributed by atoms with Gasteiger partial charge in [-0.1, -0.05) is 42.5 Å². The fraction of sp³-hybridized carbons (Fsp3) is 0. The molecular formula is C18H13N3. The Morgan fingerprint density at radius 3 is 2.19 bits per heavy atom. The van der Waals surface area contributed by atoms with Crippen LogP contribution in [0, 0.1) is 0 Å². The van der Waals surface area contributed by atoms with E-state index in [9.17, 15) is 0 Å². The lowest BCUT2D eigenvalue weighted by molar-refractivity contribution is 1.02. The maximum Gasteiger partial charge on any atom is 0.0823 e. The van der Waals surface area contributed by atoms with Gasteiger partial charge in [0.2, 0.25) is 0 Å². The van der Waals surface area contributed by atoms with Crippen molar-refractivity contribution < 1.29 is 0 Å². The first-order chi connectivity index (χ1) is 10.4. The highest BCUT2D eigenvalue weighted by Gasteiger charge is 2.24. The summed E-state index contributed by atoms with van der Waals surface area (Å²) in [5.41, 5.74) is 5.60. The molecule has 0 radical (unpaired) electrons. The number of hydrogen-bond acceptors (Lipinski definition) is 2. The van der Waals surface area contributed by atoms with Gasteiger partial charge in [-0.05, 0) is 24.3 Å². The van der Waals surface area contributed by atoms with Crippen LogP contribution in [0.1, 0.15) is 0 Å². The number of hydrazine groups is 1. The summed E-state index contributed by atoms with van der Waals surface area (Å²) in [6.07, 6.45) is 0. The van der Waals surface area contributed by atoms with Crippen LogP contribution in [0.25, 0.3) is 27.5 Å². The zero-order valence-electron chi connectivity index (χ0n) is 11.3. The molecule has 0 atom stereocenters. The molecule has 1 aliphatic rings. The molecule has 0 saturated carbocycles. The van der Waals surface area contributed by atoms with Gasteiger partial charge in [-0.15, -0.1) is 0 Å². The second kappa shape index (κ2) is 3.65. The monoisotopic (exact) mass is 271 g/mol. The highest BCUT2D eigenvalue weighted by molar-refractivity contribution is 6.15. The topological polar surface area (TPSA) is 34.2 Å². The summed E-state index contributed by atoms with van der Waals surface area (Å²) < 4.78 is 2.32. The third-order valence-corrected chi connectivity index (χ3v) is 4.32.